The zero-order chi connectivity index (χ0) is 16.0. The number of aromatic nitrogens is 1. The highest BCUT2D eigenvalue weighted by Crippen LogP contribution is 2.48. The van der Waals surface area contributed by atoms with E-state index in [0.29, 0.717) is 5.69 Å². The monoisotopic (exact) mass is 310 g/mol. The number of carbonyl (C=O) groups excluding carboxylic acids is 1. The third kappa shape index (κ3) is 2.00. The number of amides is 1. The maximum absolute atomic E-state index is 12.6. The molecule has 1 amide bonds. The number of fused-ring (bicyclic) bond motifs is 2. The molecule has 2 N–H and O–H groups in total. The van der Waals surface area contributed by atoms with Crippen LogP contribution in [0.4, 0.5) is 10.5 Å². The zero-order valence-electron chi connectivity index (χ0n) is 12.7. The molecule has 2 aromatic rings. The van der Waals surface area contributed by atoms with Gasteiger partial charge in [0.05, 0.1) is 11.1 Å². The Morgan fingerprint density at radius 1 is 1.17 bits per heavy atom. The number of nitrogens with one attached hydrogen (secondary N) is 1. The van der Waals surface area contributed by atoms with Crippen LogP contribution >= 0.6 is 0 Å². The molecule has 5 nitrogen and oxygen atoms in total. The lowest BCUT2D eigenvalue weighted by atomic mass is 9.70. The van der Waals surface area contributed by atoms with Crippen LogP contribution < -0.4 is 5.32 Å². The summed E-state index contributed by atoms with van der Waals surface area (Å²) in [5.41, 5.74) is 2.93. The van der Waals surface area contributed by atoms with E-state index < -0.39 is 11.5 Å². The average Bonchev–Trinajstić information content (AvgIpc) is 3.13. The van der Waals surface area contributed by atoms with Crippen molar-refractivity contribution in [2.75, 3.05) is 5.32 Å². The number of rotatable bonds is 1. The molecule has 1 spiro atoms. The van der Waals surface area contributed by atoms with E-state index in [4.69, 9.17) is 0 Å². The molecule has 1 fully saturated rings. The van der Waals surface area contributed by atoms with Crippen LogP contribution in [0.25, 0.3) is 11.3 Å². The molecule has 0 radical (unpaired) electrons. The Morgan fingerprint density at radius 3 is 2.70 bits per heavy atom. The largest absolute Gasteiger partial charge is 0.464 e. The second kappa shape index (κ2) is 4.98. The van der Waals surface area contributed by atoms with Gasteiger partial charge in [0.2, 0.25) is 5.91 Å². The SMILES string of the molecule is O=C(O)n1cccc1-c1ccc2c(c1)C1(CCCCC1)C(=O)N2. The minimum atomic E-state index is -1.01. The second-order valence-corrected chi connectivity index (χ2v) is 6.40. The molecular weight excluding hydrogens is 292 g/mol. The fraction of sp³-hybridized carbons (Fsp3) is 0.333. The Labute approximate surface area is 133 Å². The first kappa shape index (κ1) is 14.1. The average molecular weight is 310 g/mol. The molecule has 118 valence electrons. The number of nitrogens with zero attached hydrogens (tertiary/aromatic N) is 1. The van der Waals surface area contributed by atoms with Crippen molar-refractivity contribution in [3.05, 3.63) is 42.1 Å². The summed E-state index contributed by atoms with van der Waals surface area (Å²) >= 11 is 0. The predicted octanol–water partition coefficient (Wildman–Crippen LogP) is 3.84. The lowest BCUT2D eigenvalue weighted by Crippen LogP contribution is -2.36. The molecule has 1 aromatic heterocycles. The molecule has 4 rings (SSSR count). The second-order valence-electron chi connectivity index (χ2n) is 6.40. The number of hydrogen-bond donors (Lipinski definition) is 2. The summed E-state index contributed by atoms with van der Waals surface area (Å²) in [5.74, 6) is 0.0953. The summed E-state index contributed by atoms with van der Waals surface area (Å²) in [4.78, 5) is 23.9. The number of anilines is 1. The highest BCUT2D eigenvalue weighted by Gasteiger charge is 2.47. The molecule has 1 aromatic carbocycles. The number of carboxylic acid groups (broad SMARTS) is 1. The van der Waals surface area contributed by atoms with Crippen molar-refractivity contribution in [2.24, 2.45) is 0 Å². The van der Waals surface area contributed by atoms with E-state index in [2.05, 4.69) is 5.32 Å². The standard InChI is InChI=1S/C18H18N2O3/c21-16-18(8-2-1-3-9-18)13-11-12(6-7-14(13)19-16)15-5-4-10-20(15)17(22)23/h4-7,10-11H,1-3,8-9H2,(H,19,21)(H,22,23). The summed E-state index contributed by atoms with van der Waals surface area (Å²) in [6, 6.07) is 9.26. The Balaban J connectivity index is 1.84. The van der Waals surface area contributed by atoms with Crippen LogP contribution in [0, 0.1) is 0 Å². The molecule has 1 aliphatic carbocycles. The Morgan fingerprint density at radius 2 is 1.96 bits per heavy atom. The first-order valence-electron chi connectivity index (χ1n) is 7.99. The van der Waals surface area contributed by atoms with Crippen molar-refractivity contribution in [1.82, 2.24) is 4.57 Å². The maximum atomic E-state index is 12.6. The van der Waals surface area contributed by atoms with Gasteiger partial charge in [0.25, 0.3) is 0 Å². The minimum Gasteiger partial charge on any atom is -0.464 e. The smallest absolute Gasteiger partial charge is 0.415 e. The highest BCUT2D eigenvalue weighted by molar-refractivity contribution is 6.06. The topological polar surface area (TPSA) is 71.3 Å². The van der Waals surface area contributed by atoms with Crippen LogP contribution in [0.15, 0.2) is 36.5 Å². The van der Waals surface area contributed by atoms with Gasteiger partial charge < -0.3 is 10.4 Å². The molecule has 2 aliphatic rings. The van der Waals surface area contributed by atoms with Gasteiger partial charge in [-0.3, -0.25) is 9.36 Å². The van der Waals surface area contributed by atoms with Crippen molar-refractivity contribution in [3.63, 3.8) is 0 Å². The molecule has 5 heteroatoms. The van der Waals surface area contributed by atoms with Gasteiger partial charge in [-0.15, -0.1) is 0 Å². The van der Waals surface area contributed by atoms with Crippen molar-refractivity contribution in [2.45, 2.75) is 37.5 Å². The van der Waals surface area contributed by atoms with E-state index in [1.54, 1.807) is 12.1 Å². The molecule has 1 saturated carbocycles. The Bertz CT molecular complexity index is 800. The van der Waals surface area contributed by atoms with Gasteiger partial charge in [0.15, 0.2) is 0 Å². The van der Waals surface area contributed by atoms with E-state index in [9.17, 15) is 14.7 Å². The number of carbonyl (C=O) groups is 2. The van der Waals surface area contributed by atoms with Crippen molar-refractivity contribution in [1.29, 1.82) is 0 Å². The van der Waals surface area contributed by atoms with Crippen LogP contribution in [0.2, 0.25) is 0 Å². The third-order valence-corrected chi connectivity index (χ3v) is 5.18. The summed E-state index contributed by atoms with van der Waals surface area (Å²) in [7, 11) is 0. The first-order valence-corrected chi connectivity index (χ1v) is 7.99. The summed E-state index contributed by atoms with van der Waals surface area (Å²) in [5, 5.41) is 12.3. The first-order chi connectivity index (χ1) is 11.1. The maximum Gasteiger partial charge on any atom is 0.415 e. The number of benzene rings is 1. The summed E-state index contributed by atoms with van der Waals surface area (Å²) in [6.45, 7) is 0. The van der Waals surface area contributed by atoms with E-state index >= 15 is 0 Å². The van der Waals surface area contributed by atoms with Crippen LogP contribution in [0.1, 0.15) is 37.7 Å². The molecule has 0 atom stereocenters. The van der Waals surface area contributed by atoms with Crippen molar-refractivity contribution >= 4 is 17.7 Å². The van der Waals surface area contributed by atoms with Gasteiger partial charge in [-0.1, -0.05) is 25.3 Å². The van der Waals surface area contributed by atoms with Gasteiger partial charge in [0, 0.05) is 11.9 Å². The van der Waals surface area contributed by atoms with Crippen LogP contribution in [-0.2, 0) is 10.2 Å². The summed E-state index contributed by atoms with van der Waals surface area (Å²) in [6.07, 6.45) is 5.55. The van der Waals surface area contributed by atoms with Gasteiger partial charge in [-0.2, -0.15) is 0 Å². The molecule has 23 heavy (non-hydrogen) atoms. The zero-order valence-corrected chi connectivity index (χ0v) is 12.7. The van der Waals surface area contributed by atoms with E-state index in [0.717, 1.165) is 42.5 Å². The van der Waals surface area contributed by atoms with Crippen molar-refractivity contribution < 1.29 is 14.7 Å². The van der Waals surface area contributed by atoms with E-state index in [1.165, 1.54) is 17.2 Å². The van der Waals surface area contributed by atoms with Gasteiger partial charge in [0.1, 0.15) is 0 Å². The van der Waals surface area contributed by atoms with E-state index in [-0.39, 0.29) is 5.91 Å². The summed E-state index contributed by atoms with van der Waals surface area (Å²) < 4.78 is 1.21. The third-order valence-electron chi connectivity index (χ3n) is 5.18. The van der Waals surface area contributed by atoms with Gasteiger partial charge in [-0.05, 0) is 48.2 Å². The molecule has 2 heterocycles. The minimum absolute atomic E-state index is 0.0953. The Kier molecular flexibility index (Phi) is 3.04. The van der Waals surface area contributed by atoms with Crippen LogP contribution in [0.5, 0.6) is 0 Å². The molecule has 0 saturated heterocycles. The quantitative estimate of drug-likeness (QED) is 0.840. The van der Waals surface area contributed by atoms with Crippen LogP contribution in [-0.4, -0.2) is 21.7 Å². The fourth-order valence-corrected chi connectivity index (χ4v) is 4.01. The molecular formula is C18H18N2O3. The van der Waals surface area contributed by atoms with Crippen molar-refractivity contribution in [3.8, 4) is 11.3 Å². The molecule has 1 aliphatic heterocycles. The van der Waals surface area contributed by atoms with E-state index in [1.807, 2.05) is 18.2 Å². The Hall–Kier alpha value is -2.56. The highest BCUT2D eigenvalue weighted by atomic mass is 16.4. The van der Waals surface area contributed by atoms with Gasteiger partial charge >= 0.3 is 6.09 Å². The van der Waals surface area contributed by atoms with Crippen LogP contribution in [0.3, 0.4) is 0 Å². The number of hydrogen-bond acceptors (Lipinski definition) is 2. The molecule has 0 bridgehead atoms. The molecule has 0 unspecified atom stereocenters. The normalized spacial score (nSPS) is 18.7. The fourth-order valence-electron chi connectivity index (χ4n) is 4.01. The lowest BCUT2D eigenvalue weighted by molar-refractivity contribution is -0.121. The lowest BCUT2D eigenvalue weighted by Gasteiger charge is -2.31. The predicted molar refractivity (Wildman–Crippen MR) is 86.7 cm³/mol. The van der Waals surface area contributed by atoms with Gasteiger partial charge in [-0.25, -0.2) is 4.79 Å².